The molecule has 0 radical (unpaired) electrons. The number of piperidine rings is 1. The van der Waals surface area contributed by atoms with Crippen molar-refractivity contribution >= 4 is 22.6 Å². The van der Waals surface area contributed by atoms with Crippen LogP contribution in [0.3, 0.4) is 0 Å². The van der Waals surface area contributed by atoms with E-state index in [2.05, 4.69) is 22.3 Å². The molecule has 4 aromatic rings. The van der Waals surface area contributed by atoms with E-state index in [4.69, 9.17) is 10.3 Å². The number of carbonyl (C=O) groups excluding carboxylic acids is 2. The fourth-order valence-electron chi connectivity index (χ4n) is 4.73. The number of amides is 2. The third-order valence-corrected chi connectivity index (χ3v) is 6.61. The molecule has 0 saturated carbocycles. The number of nitrogens with zero attached hydrogens (tertiary/aromatic N) is 3. The van der Waals surface area contributed by atoms with Gasteiger partial charge in [0.1, 0.15) is 6.04 Å². The molecule has 1 aliphatic rings. The highest BCUT2D eigenvalue weighted by atomic mass is 16.5. The average Bonchev–Trinajstić information content (AvgIpc) is 3.37. The number of aryl methyl sites for hydroxylation is 2. The van der Waals surface area contributed by atoms with Gasteiger partial charge < -0.3 is 15.2 Å². The Morgan fingerprint density at radius 1 is 0.943 bits per heavy atom. The molecule has 0 unspecified atom stereocenters. The van der Waals surface area contributed by atoms with Crippen molar-refractivity contribution in [2.24, 2.45) is 5.73 Å². The highest BCUT2D eigenvalue weighted by molar-refractivity contribution is 6.01. The molecule has 7 heteroatoms. The minimum Gasteiger partial charge on any atom is -0.366 e. The number of benzene rings is 3. The molecule has 1 aliphatic heterocycles. The first-order chi connectivity index (χ1) is 17.1. The van der Waals surface area contributed by atoms with Crippen LogP contribution in [0.4, 0.5) is 0 Å². The summed E-state index contributed by atoms with van der Waals surface area (Å²) < 4.78 is 5.63. The summed E-state index contributed by atoms with van der Waals surface area (Å²) in [5, 5.41) is 5.94. The summed E-state index contributed by atoms with van der Waals surface area (Å²) in [4.78, 5) is 31.5. The molecule has 5 rings (SSSR count). The van der Waals surface area contributed by atoms with E-state index in [-0.39, 0.29) is 11.9 Å². The molecular weight excluding hydrogens is 440 g/mol. The van der Waals surface area contributed by atoms with Crippen LogP contribution in [0.15, 0.2) is 71.3 Å². The topological polar surface area (TPSA) is 102 Å². The zero-order chi connectivity index (χ0) is 24.2. The second-order valence-electron chi connectivity index (χ2n) is 9.04. The fourth-order valence-corrected chi connectivity index (χ4v) is 4.73. The van der Waals surface area contributed by atoms with Crippen molar-refractivity contribution in [1.82, 2.24) is 15.0 Å². The van der Waals surface area contributed by atoms with Gasteiger partial charge in [-0.2, -0.15) is 4.98 Å². The van der Waals surface area contributed by atoms with E-state index in [9.17, 15) is 9.59 Å². The number of carbonyl (C=O) groups is 2. The molecule has 0 spiro atoms. The third kappa shape index (κ3) is 5.09. The summed E-state index contributed by atoms with van der Waals surface area (Å²) in [7, 11) is 0. The Morgan fingerprint density at radius 3 is 2.46 bits per heavy atom. The fraction of sp³-hybridized carbons (Fsp3) is 0.286. The summed E-state index contributed by atoms with van der Waals surface area (Å²) >= 11 is 0. The molecule has 1 saturated heterocycles. The molecule has 3 aromatic carbocycles. The summed E-state index contributed by atoms with van der Waals surface area (Å²) in [5.74, 6) is 0.672. The lowest BCUT2D eigenvalue weighted by molar-refractivity contribution is 0.0561. The summed E-state index contributed by atoms with van der Waals surface area (Å²) in [6.45, 7) is 0.647. The lowest BCUT2D eigenvalue weighted by Gasteiger charge is -2.33. The second-order valence-corrected chi connectivity index (χ2v) is 9.04. The Morgan fingerprint density at radius 2 is 1.69 bits per heavy atom. The summed E-state index contributed by atoms with van der Waals surface area (Å²) in [6, 6.07) is 20.9. The first-order valence-corrected chi connectivity index (χ1v) is 12.1. The van der Waals surface area contributed by atoms with Crippen LogP contribution < -0.4 is 5.73 Å². The number of rotatable bonds is 7. The van der Waals surface area contributed by atoms with Crippen LogP contribution in [0.25, 0.3) is 10.8 Å². The van der Waals surface area contributed by atoms with Crippen molar-refractivity contribution < 1.29 is 14.1 Å². The number of nitrogens with two attached hydrogens (primary N) is 1. The van der Waals surface area contributed by atoms with Crippen LogP contribution in [0.1, 0.15) is 69.7 Å². The highest BCUT2D eigenvalue weighted by Gasteiger charge is 2.32. The number of hydrogen-bond acceptors (Lipinski definition) is 5. The Bertz CT molecular complexity index is 1350. The number of likely N-dealkylation sites (tertiary alicyclic amines) is 1. The number of aromatic nitrogens is 2. The first-order valence-electron chi connectivity index (χ1n) is 12.1. The van der Waals surface area contributed by atoms with Crippen LogP contribution in [0.2, 0.25) is 0 Å². The van der Waals surface area contributed by atoms with Crippen molar-refractivity contribution in [2.75, 3.05) is 6.54 Å². The Kier molecular flexibility index (Phi) is 6.57. The zero-order valence-electron chi connectivity index (χ0n) is 19.5. The van der Waals surface area contributed by atoms with Crippen molar-refractivity contribution in [3.8, 4) is 0 Å². The van der Waals surface area contributed by atoms with Gasteiger partial charge in [-0.1, -0.05) is 47.6 Å². The number of hydrogen-bond donors (Lipinski definition) is 1. The predicted octanol–water partition coefficient (Wildman–Crippen LogP) is 4.86. The molecular formula is C28H28N4O3. The van der Waals surface area contributed by atoms with Crippen LogP contribution in [0, 0.1) is 0 Å². The smallest absolute Gasteiger partial charge is 0.254 e. The largest absolute Gasteiger partial charge is 0.366 e. The number of fused-ring (bicyclic) bond motifs is 1. The molecule has 35 heavy (non-hydrogen) atoms. The van der Waals surface area contributed by atoms with Gasteiger partial charge in [0.2, 0.25) is 11.8 Å². The van der Waals surface area contributed by atoms with Crippen molar-refractivity contribution in [3.05, 3.63) is 95.1 Å². The van der Waals surface area contributed by atoms with Crippen LogP contribution >= 0.6 is 0 Å². The van der Waals surface area contributed by atoms with Gasteiger partial charge in [-0.15, -0.1) is 0 Å². The molecule has 0 aliphatic carbocycles. The zero-order valence-corrected chi connectivity index (χ0v) is 19.5. The van der Waals surface area contributed by atoms with E-state index in [1.165, 1.54) is 5.56 Å². The quantitative estimate of drug-likeness (QED) is 0.417. The second kappa shape index (κ2) is 10.1. The van der Waals surface area contributed by atoms with E-state index in [0.717, 1.165) is 49.3 Å². The SMILES string of the molecule is NC(=O)c1ccc2cc(C(=O)N3CCCC[C@H]3c3nc(CCCc4ccccc4)no3)ccc2c1. The van der Waals surface area contributed by atoms with Gasteiger partial charge in [-0.3, -0.25) is 9.59 Å². The lowest BCUT2D eigenvalue weighted by Crippen LogP contribution is -2.38. The van der Waals surface area contributed by atoms with E-state index < -0.39 is 5.91 Å². The van der Waals surface area contributed by atoms with Crippen molar-refractivity contribution in [1.29, 1.82) is 0 Å². The summed E-state index contributed by atoms with van der Waals surface area (Å²) in [5.41, 5.74) is 7.72. The minimum atomic E-state index is -0.470. The lowest BCUT2D eigenvalue weighted by atomic mass is 9.99. The monoisotopic (exact) mass is 468 g/mol. The molecule has 1 aromatic heterocycles. The van der Waals surface area contributed by atoms with Crippen LogP contribution in [-0.2, 0) is 12.8 Å². The standard InChI is InChI=1S/C28H28N4O3/c29-26(33)22-14-12-21-18-23(15-13-20(21)17-22)28(34)32-16-5-4-10-24(32)27-30-25(31-35-27)11-6-9-19-7-2-1-3-8-19/h1-3,7-8,12-15,17-18,24H,4-6,9-11,16H2,(H2,29,33)/t24-/m0/s1. The van der Waals surface area contributed by atoms with Gasteiger partial charge in [0.05, 0.1) is 0 Å². The van der Waals surface area contributed by atoms with Gasteiger partial charge in [-0.25, -0.2) is 0 Å². The van der Waals surface area contributed by atoms with Gasteiger partial charge >= 0.3 is 0 Å². The highest BCUT2D eigenvalue weighted by Crippen LogP contribution is 2.32. The third-order valence-electron chi connectivity index (χ3n) is 6.61. The molecule has 2 N–H and O–H groups in total. The van der Waals surface area contributed by atoms with E-state index in [1.807, 2.05) is 41.3 Å². The Labute approximate surface area is 203 Å². The van der Waals surface area contributed by atoms with Crippen LogP contribution in [-0.4, -0.2) is 33.4 Å². The van der Waals surface area contributed by atoms with E-state index >= 15 is 0 Å². The van der Waals surface area contributed by atoms with Gasteiger partial charge in [0.25, 0.3) is 5.91 Å². The number of primary amides is 1. The molecule has 2 heterocycles. The molecule has 1 fully saturated rings. The molecule has 0 bridgehead atoms. The minimum absolute atomic E-state index is 0.0561. The maximum Gasteiger partial charge on any atom is 0.254 e. The molecule has 1 atom stereocenters. The molecule has 7 nitrogen and oxygen atoms in total. The molecule has 178 valence electrons. The van der Waals surface area contributed by atoms with Crippen LogP contribution in [0.5, 0.6) is 0 Å². The van der Waals surface area contributed by atoms with E-state index in [1.54, 1.807) is 18.2 Å². The average molecular weight is 469 g/mol. The van der Waals surface area contributed by atoms with Gasteiger partial charge in [-0.05, 0) is 72.7 Å². The predicted molar refractivity (Wildman–Crippen MR) is 133 cm³/mol. The van der Waals surface area contributed by atoms with Crippen molar-refractivity contribution in [2.45, 2.75) is 44.6 Å². The maximum atomic E-state index is 13.5. The van der Waals surface area contributed by atoms with Gasteiger partial charge in [0, 0.05) is 24.1 Å². The Hall–Kier alpha value is -4.00. The van der Waals surface area contributed by atoms with Gasteiger partial charge in [0.15, 0.2) is 5.82 Å². The Balaban J connectivity index is 1.30. The van der Waals surface area contributed by atoms with Crippen molar-refractivity contribution in [3.63, 3.8) is 0 Å². The first kappa shape index (κ1) is 22.8. The normalized spacial score (nSPS) is 15.9. The maximum absolute atomic E-state index is 13.5. The molecule has 2 amide bonds. The summed E-state index contributed by atoms with van der Waals surface area (Å²) in [6.07, 6.45) is 5.38. The van der Waals surface area contributed by atoms with E-state index in [0.29, 0.717) is 29.4 Å².